The molecule has 0 saturated carbocycles. The van der Waals surface area contributed by atoms with Crippen molar-refractivity contribution in [2.24, 2.45) is 0 Å². The first kappa shape index (κ1) is 10.6. The van der Waals surface area contributed by atoms with Crippen LogP contribution in [0.4, 0.5) is 8.78 Å². The molecule has 0 amide bonds. The molecule has 0 atom stereocenters. The Kier molecular flexibility index (Phi) is 2.60. The van der Waals surface area contributed by atoms with Crippen molar-refractivity contribution in [1.82, 2.24) is 0 Å². The standard InChI is InChI=1S/C13H10F2O/c1-8-6-9(2-5-12(8)14)11-4-3-10(16)7-13(11)15/h2-7,16H,1H3. The summed E-state index contributed by atoms with van der Waals surface area (Å²) in [6, 6.07) is 8.29. The van der Waals surface area contributed by atoms with E-state index >= 15 is 0 Å². The monoisotopic (exact) mass is 220 g/mol. The van der Waals surface area contributed by atoms with Gasteiger partial charge in [-0.2, -0.15) is 0 Å². The number of benzene rings is 2. The second-order valence-corrected chi connectivity index (χ2v) is 3.63. The maximum atomic E-state index is 13.5. The van der Waals surface area contributed by atoms with Crippen LogP contribution in [-0.2, 0) is 0 Å². The second kappa shape index (κ2) is 3.93. The zero-order valence-corrected chi connectivity index (χ0v) is 8.67. The fraction of sp³-hybridized carbons (Fsp3) is 0.0769. The highest BCUT2D eigenvalue weighted by Crippen LogP contribution is 2.26. The Bertz CT molecular complexity index is 535. The molecule has 1 N–H and O–H groups in total. The number of hydrogen-bond acceptors (Lipinski definition) is 1. The highest BCUT2D eigenvalue weighted by molar-refractivity contribution is 5.65. The van der Waals surface area contributed by atoms with Crippen LogP contribution in [0.5, 0.6) is 5.75 Å². The molecule has 16 heavy (non-hydrogen) atoms. The minimum atomic E-state index is -0.522. The first-order valence-corrected chi connectivity index (χ1v) is 4.83. The Hall–Kier alpha value is -1.90. The summed E-state index contributed by atoms with van der Waals surface area (Å²) in [4.78, 5) is 0. The van der Waals surface area contributed by atoms with E-state index in [1.807, 2.05) is 0 Å². The summed E-state index contributed by atoms with van der Waals surface area (Å²) in [5.74, 6) is -0.964. The van der Waals surface area contributed by atoms with Gasteiger partial charge in [0.2, 0.25) is 0 Å². The molecule has 2 aromatic rings. The zero-order chi connectivity index (χ0) is 11.7. The van der Waals surface area contributed by atoms with E-state index in [2.05, 4.69) is 0 Å². The number of hydrogen-bond donors (Lipinski definition) is 1. The van der Waals surface area contributed by atoms with Crippen LogP contribution < -0.4 is 0 Å². The normalized spacial score (nSPS) is 10.4. The first-order valence-electron chi connectivity index (χ1n) is 4.83. The molecule has 0 aliphatic heterocycles. The number of phenolic OH excluding ortho intramolecular Hbond substituents is 1. The molecule has 2 aromatic carbocycles. The van der Waals surface area contributed by atoms with Gasteiger partial charge >= 0.3 is 0 Å². The third kappa shape index (κ3) is 1.89. The van der Waals surface area contributed by atoms with Crippen molar-refractivity contribution in [2.45, 2.75) is 6.92 Å². The zero-order valence-electron chi connectivity index (χ0n) is 8.67. The minimum Gasteiger partial charge on any atom is -0.508 e. The lowest BCUT2D eigenvalue weighted by Crippen LogP contribution is -1.87. The Morgan fingerprint density at radius 3 is 2.31 bits per heavy atom. The summed E-state index contributed by atoms with van der Waals surface area (Å²) in [5.41, 5.74) is 1.40. The fourth-order valence-electron chi connectivity index (χ4n) is 1.55. The molecular formula is C13H10F2O. The molecule has 0 unspecified atom stereocenters. The van der Waals surface area contributed by atoms with E-state index in [-0.39, 0.29) is 11.6 Å². The molecule has 0 bridgehead atoms. The molecule has 0 spiro atoms. The molecule has 82 valence electrons. The summed E-state index contributed by atoms with van der Waals surface area (Å²) in [7, 11) is 0. The maximum absolute atomic E-state index is 13.5. The average molecular weight is 220 g/mol. The van der Waals surface area contributed by atoms with Crippen LogP contribution in [0.15, 0.2) is 36.4 Å². The van der Waals surface area contributed by atoms with E-state index in [4.69, 9.17) is 5.11 Å². The van der Waals surface area contributed by atoms with Gasteiger partial charge in [-0.15, -0.1) is 0 Å². The van der Waals surface area contributed by atoms with E-state index in [1.54, 1.807) is 13.0 Å². The van der Waals surface area contributed by atoms with Gasteiger partial charge in [0.15, 0.2) is 0 Å². The molecule has 0 aliphatic carbocycles. The van der Waals surface area contributed by atoms with Crippen LogP contribution in [0.25, 0.3) is 11.1 Å². The van der Waals surface area contributed by atoms with Gasteiger partial charge in [0.1, 0.15) is 17.4 Å². The molecule has 1 nitrogen and oxygen atoms in total. The van der Waals surface area contributed by atoms with Crippen LogP contribution in [-0.4, -0.2) is 5.11 Å². The van der Waals surface area contributed by atoms with Gasteiger partial charge in [-0.3, -0.25) is 0 Å². The molecule has 2 rings (SSSR count). The Balaban J connectivity index is 2.54. The molecule has 0 radical (unpaired) electrons. The van der Waals surface area contributed by atoms with Crippen molar-refractivity contribution >= 4 is 0 Å². The van der Waals surface area contributed by atoms with Crippen molar-refractivity contribution < 1.29 is 13.9 Å². The van der Waals surface area contributed by atoms with Crippen molar-refractivity contribution in [1.29, 1.82) is 0 Å². The molecule has 0 aliphatic rings. The summed E-state index contributed by atoms with van der Waals surface area (Å²) in [5, 5.41) is 9.08. The summed E-state index contributed by atoms with van der Waals surface area (Å²) in [6.45, 7) is 1.62. The third-order valence-electron chi connectivity index (χ3n) is 2.42. The minimum absolute atomic E-state index is 0.125. The topological polar surface area (TPSA) is 20.2 Å². The molecule has 0 heterocycles. The van der Waals surface area contributed by atoms with Crippen LogP contribution in [0.2, 0.25) is 0 Å². The van der Waals surface area contributed by atoms with Gasteiger partial charge < -0.3 is 5.11 Å². The number of halogens is 2. The molecule has 0 saturated heterocycles. The molecule has 0 aromatic heterocycles. The van der Waals surface area contributed by atoms with Crippen LogP contribution in [0.3, 0.4) is 0 Å². The predicted octanol–water partition coefficient (Wildman–Crippen LogP) is 3.65. The van der Waals surface area contributed by atoms with E-state index in [9.17, 15) is 8.78 Å². The van der Waals surface area contributed by atoms with Gasteiger partial charge in [0, 0.05) is 11.6 Å². The summed E-state index contributed by atoms with van der Waals surface area (Å²) >= 11 is 0. The Labute approximate surface area is 92.0 Å². The lowest BCUT2D eigenvalue weighted by molar-refractivity contribution is 0.469. The highest BCUT2D eigenvalue weighted by Gasteiger charge is 2.07. The Morgan fingerprint density at radius 1 is 0.938 bits per heavy atom. The summed E-state index contributed by atoms with van der Waals surface area (Å²) < 4.78 is 26.6. The Morgan fingerprint density at radius 2 is 1.69 bits per heavy atom. The van der Waals surface area contributed by atoms with Gasteiger partial charge in [0.05, 0.1) is 0 Å². The quantitative estimate of drug-likeness (QED) is 0.777. The first-order chi connectivity index (χ1) is 7.58. The predicted molar refractivity (Wildman–Crippen MR) is 58.2 cm³/mol. The van der Waals surface area contributed by atoms with Gasteiger partial charge in [0.25, 0.3) is 0 Å². The number of aryl methyl sites for hydroxylation is 1. The number of aromatic hydroxyl groups is 1. The van der Waals surface area contributed by atoms with E-state index in [1.165, 1.54) is 24.3 Å². The van der Waals surface area contributed by atoms with Crippen molar-refractivity contribution in [3.05, 3.63) is 53.6 Å². The van der Waals surface area contributed by atoms with Crippen molar-refractivity contribution in [3.63, 3.8) is 0 Å². The van der Waals surface area contributed by atoms with Gasteiger partial charge in [-0.1, -0.05) is 6.07 Å². The summed E-state index contributed by atoms with van der Waals surface area (Å²) in [6.07, 6.45) is 0. The van der Waals surface area contributed by atoms with Crippen molar-refractivity contribution in [3.8, 4) is 16.9 Å². The van der Waals surface area contributed by atoms with E-state index in [0.29, 0.717) is 16.7 Å². The maximum Gasteiger partial charge on any atom is 0.134 e. The largest absolute Gasteiger partial charge is 0.508 e. The smallest absolute Gasteiger partial charge is 0.134 e. The van der Waals surface area contributed by atoms with Gasteiger partial charge in [-0.25, -0.2) is 8.78 Å². The van der Waals surface area contributed by atoms with Gasteiger partial charge in [-0.05, 0) is 42.3 Å². The highest BCUT2D eigenvalue weighted by atomic mass is 19.1. The van der Waals surface area contributed by atoms with Crippen molar-refractivity contribution in [2.75, 3.05) is 0 Å². The van der Waals surface area contributed by atoms with Crippen LogP contribution in [0.1, 0.15) is 5.56 Å². The SMILES string of the molecule is Cc1cc(-c2ccc(O)cc2F)ccc1F. The van der Waals surface area contributed by atoms with Crippen LogP contribution in [0, 0.1) is 18.6 Å². The molecule has 0 fully saturated rings. The van der Waals surface area contributed by atoms with E-state index < -0.39 is 5.82 Å². The third-order valence-corrected chi connectivity index (χ3v) is 2.42. The number of phenols is 1. The van der Waals surface area contributed by atoms with E-state index in [0.717, 1.165) is 6.07 Å². The lowest BCUT2D eigenvalue weighted by Gasteiger charge is -2.05. The second-order valence-electron chi connectivity index (χ2n) is 3.63. The fourth-order valence-corrected chi connectivity index (χ4v) is 1.55. The lowest BCUT2D eigenvalue weighted by atomic mass is 10.0. The molecule has 3 heteroatoms. The van der Waals surface area contributed by atoms with Crippen LogP contribution >= 0.6 is 0 Å². The molecular weight excluding hydrogens is 210 g/mol. The average Bonchev–Trinajstić information content (AvgIpc) is 2.22. The number of rotatable bonds is 1.